The number of aromatic nitrogens is 3. The highest BCUT2D eigenvalue weighted by Crippen LogP contribution is 2.30. The van der Waals surface area contributed by atoms with Gasteiger partial charge in [0.25, 0.3) is 5.91 Å². The van der Waals surface area contributed by atoms with Gasteiger partial charge in [0.1, 0.15) is 0 Å². The minimum atomic E-state index is 0.0710. The lowest BCUT2D eigenvalue weighted by atomic mass is 9.98. The highest BCUT2D eigenvalue weighted by molar-refractivity contribution is 5.94. The summed E-state index contributed by atoms with van der Waals surface area (Å²) in [5.41, 5.74) is 1.71. The average molecular weight is 256 g/mol. The molecule has 5 nitrogen and oxygen atoms in total. The number of pyridine rings is 1. The molecule has 0 bridgehead atoms. The molecular formula is C14H16N4O. The Kier molecular flexibility index (Phi) is 3.27. The van der Waals surface area contributed by atoms with E-state index in [0.29, 0.717) is 5.56 Å². The first-order valence-electron chi connectivity index (χ1n) is 6.56. The van der Waals surface area contributed by atoms with Crippen LogP contribution in [-0.4, -0.2) is 32.5 Å². The molecular weight excluding hydrogens is 240 g/mol. The Bertz CT molecular complexity index is 538. The molecule has 1 fully saturated rings. The molecule has 0 unspecified atom stereocenters. The van der Waals surface area contributed by atoms with Gasteiger partial charge in [0.05, 0.1) is 11.7 Å². The zero-order chi connectivity index (χ0) is 13.1. The van der Waals surface area contributed by atoms with E-state index in [1.165, 1.54) is 0 Å². The fourth-order valence-corrected chi connectivity index (χ4v) is 2.61. The van der Waals surface area contributed by atoms with E-state index in [1.807, 2.05) is 11.0 Å². The maximum Gasteiger partial charge on any atom is 0.254 e. The second-order valence-electron chi connectivity index (χ2n) is 4.76. The normalized spacial score (nSPS) is 19.4. The first-order valence-corrected chi connectivity index (χ1v) is 6.56. The van der Waals surface area contributed by atoms with Crippen LogP contribution >= 0.6 is 0 Å². The number of likely N-dealkylation sites (tertiary alicyclic amines) is 1. The molecule has 0 spiro atoms. The molecule has 19 heavy (non-hydrogen) atoms. The van der Waals surface area contributed by atoms with Gasteiger partial charge in [-0.3, -0.25) is 14.9 Å². The third-order valence-electron chi connectivity index (χ3n) is 3.57. The Hall–Kier alpha value is -2.17. The predicted octanol–water partition coefficient (Wildman–Crippen LogP) is 2.17. The van der Waals surface area contributed by atoms with Gasteiger partial charge >= 0.3 is 0 Å². The van der Waals surface area contributed by atoms with Crippen molar-refractivity contribution in [3.05, 3.63) is 48.0 Å². The van der Waals surface area contributed by atoms with Crippen LogP contribution in [0.4, 0.5) is 0 Å². The van der Waals surface area contributed by atoms with Crippen LogP contribution in [0.15, 0.2) is 36.8 Å². The van der Waals surface area contributed by atoms with E-state index in [-0.39, 0.29) is 11.9 Å². The summed E-state index contributed by atoms with van der Waals surface area (Å²) in [5, 5.41) is 6.98. The summed E-state index contributed by atoms with van der Waals surface area (Å²) >= 11 is 0. The largest absolute Gasteiger partial charge is 0.330 e. The zero-order valence-corrected chi connectivity index (χ0v) is 10.6. The topological polar surface area (TPSA) is 61.9 Å². The van der Waals surface area contributed by atoms with Gasteiger partial charge in [-0.2, -0.15) is 5.10 Å². The van der Waals surface area contributed by atoms with Crippen molar-refractivity contribution in [2.24, 2.45) is 0 Å². The standard InChI is InChI=1S/C14H16N4O/c19-14(11-4-7-15-8-5-11)18-10-2-1-3-13(18)12-6-9-16-17-12/h4-9,13H,1-3,10H2,(H,16,17)/t13-/m1/s1. The summed E-state index contributed by atoms with van der Waals surface area (Å²) in [7, 11) is 0. The fourth-order valence-electron chi connectivity index (χ4n) is 2.61. The monoisotopic (exact) mass is 256 g/mol. The predicted molar refractivity (Wildman–Crippen MR) is 70.5 cm³/mol. The molecule has 1 atom stereocenters. The number of piperidine rings is 1. The van der Waals surface area contributed by atoms with Gasteiger partial charge in [-0.15, -0.1) is 0 Å². The smallest absolute Gasteiger partial charge is 0.254 e. The van der Waals surface area contributed by atoms with Crippen LogP contribution in [0, 0.1) is 0 Å². The maximum atomic E-state index is 12.6. The Balaban J connectivity index is 1.87. The molecule has 3 rings (SSSR count). The maximum absolute atomic E-state index is 12.6. The van der Waals surface area contributed by atoms with Gasteiger partial charge in [0, 0.05) is 30.7 Å². The average Bonchev–Trinajstić information content (AvgIpc) is 3.01. The minimum Gasteiger partial charge on any atom is -0.330 e. The Morgan fingerprint density at radius 3 is 2.79 bits per heavy atom. The van der Waals surface area contributed by atoms with E-state index < -0.39 is 0 Å². The van der Waals surface area contributed by atoms with Crippen molar-refractivity contribution in [1.82, 2.24) is 20.1 Å². The van der Waals surface area contributed by atoms with Crippen molar-refractivity contribution in [2.75, 3.05) is 6.54 Å². The molecule has 0 aliphatic carbocycles. The zero-order valence-electron chi connectivity index (χ0n) is 10.6. The van der Waals surface area contributed by atoms with E-state index in [1.54, 1.807) is 30.7 Å². The molecule has 1 aliphatic rings. The number of aromatic amines is 1. The molecule has 2 aromatic heterocycles. The van der Waals surface area contributed by atoms with Crippen LogP contribution < -0.4 is 0 Å². The van der Waals surface area contributed by atoms with Gasteiger partial charge in [-0.05, 0) is 37.5 Å². The van der Waals surface area contributed by atoms with Crippen LogP contribution in [0.2, 0.25) is 0 Å². The van der Waals surface area contributed by atoms with E-state index in [0.717, 1.165) is 31.5 Å². The minimum absolute atomic E-state index is 0.0710. The Morgan fingerprint density at radius 2 is 2.05 bits per heavy atom. The third kappa shape index (κ3) is 2.36. The fraction of sp³-hybridized carbons (Fsp3) is 0.357. The number of hydrogen-bond acceptors (Lipinski definition) is 3. The number of carbonyl (C=O) groups excluding carboxylic acids is 1. The lowest BCUT2D eigenvalue weighted by Crippen LogP contribution is -2.38. The molecule has 5 heteroatoms. The summed E-state index contributed by atoms with van der Waals surface area (Å²) in [4.78, 5) is 18.5. The third-order valence-corrected chi connectivity index (χ3v) is 3.57. The molecule has 0 aromatic carbocycles. The van der Waals surface area contributed by atoms with Crippen LogP contribution in [0.1, 0.15) is 41.4 Å². The molecule has 0 radical (unpaired) electrons. The number of hydrogen-bond donors (Lipinski definition) is 1. The van der Waals surface area contributed by atoms with Gasteiger partial charge in [0.15, 0.2) is 0 Å². The van der Waals surface area contributed by atoms with E-state index >= 15 is 0 Å². The Morgan fingerprint density at radius 1 is 1.21 bits per heavy atom. The van der Waals surface area contributed by atoms with Crippen LogP contribution in [-0.2, 0) is 0 Å². The van der Waals surface area contributed by atoms with Crippen LogP contribution in [0.25, 0.3) is 0 Å². The van der Waals surface area contributed by atoms with E-state index in [9.17, 15) is 4.79 Å². The number of nitrogens with zero attached hydrogens (tertiary/aromatic N) is 3. The van der Waals surface area contributed by atoms with E-state index in [4.69, 9.17) is 0 Å². The molecule has 2 aromatic rings. The molecule has 1 amide bonds. The van der Waals surface area contributed by atoms with Crippen molar-refractivity contribution in [3.63, 3.8) is 0 Å². The molecule has 0 saturated carbocycles. The van der Waals surface area contributed by atoms with Crippen LogP contribution in [0.5, 0.6) is 0 Å². The quantitative estimate of drug-likeness (QED) is 0.895. The second-order valence-corrected chi connectivity index (χ2v) is 4.76. The first-order chi connectivity index (χ1) is 9.36. The molecule has 1 N–H and O–H groups in total. The number of H-pyrrole nitrogens is 1. The second kappa shape index (κ2) is 5.22. The van der Waals surface area contributed by atoms with Crippen molar-refractivity contribution in [2.45, 2.75) is 25.3 Å². The lowest BCUT2D eigenvalue weighted by Gasteiger charge is -2.35. The lowest BCUT2D eigenvalue weighted by molar-refractivity contribution is 0.0606. The van der Waals surface area contributed by atoms with Gasteiger partial charge < -0.3 is 4.90 Å². The highest BCUT2D eigenvalue weighted by Gasteiger charge is 2.29. The van der Waals surface area contributed by atoms with Crippen molar-refractivity contribution >= 4 is 5.91 Å². The summed E-state index contributed by atoms with van der Waals surface area (Å²) in [6.07, 6.45) is 8.23. The van der Waals surface area contributed by atoms with Crippen molar-refractivity contribution in [1.29, 1.82) is 0 Å². The molecule has 1 saturated heterocycles. The molecule has 1 aliphatic heterocycles. The summed E-state index contributed by atoms with van der Waals surface area (Å²) in [6, 6.07) is 5.59. The van der Waals surface area contributed by atoms with Gasteiger partial charge in [-0.25, -0.2) is 0 Å². The first kappa shape index (κ1) is 11.9. The number of nitrogens with one attached hydrogen (secondary N) is 1. The van der Waals surface area contributed by atoms with Gasteiger partial charge in [0.2, 0.25) is 0 Å². The number of carbonyl (C=O) groups is 1. The summed E-state index contributed by atoms with van der Waals surface area (Å²) in [6.45, 7) is 0.796. The van der Waals surface area contributed by atoms with Gasteiger partial charge in [-0.1, -0.05) is 0 Å². The molecule has 3 heterocycles. The van der Waals surface area contributed by atoms with Crippen molar-refractivity contribution < 1.29 is 4.79 Å². The molecule has 98 valence electrons. The summed E-state index contributed by atoms with van der Waals surface area (Å²) in [5.74, 6) is 0.0710. The van der Waals surface area contributed by atoms with Crippen LogP contribution in [0.3, 0.4) is 0 Å². The highest BCUT2D eigenvalue weighted by atomic mass is 16.2. The summed E-state index contributed by atoms with van der Waals surface area (Å²) < 4.78 is 0. The number of rotatable bonds is 2. The Labute approximate surface area is 111 Å². The SMILES string of the molecule is O=C(c1ccncc1)N1CCCC[C@@H]1c1ccn[nH]1. The van der Waals surface area contributed by atoms with E-state index in [2.05, 4.69) is 15.2 Å². The number of amides is 1. The van der Waals surface area contributed by atoms with Crippen molar-refractivity contribution in [3.8, 4) is 0 Å².